The number of H-pyrrole nitrogens is 1. The highest BCUT2D eigenvalue weighted by atomic mass is 15.3. The number of rotatable bonds is 3. The van der Waals surface area contributed by atoms with Crippen molar-refractivity contribution in [3.63, 3.8) is 0 Å². The van der Waals surface area contributed by atoms with E-state index in [0.717, 1.165) is 48.7 Å². The summed E-state index contributed by atoms with van der Waals surface area (Å²) < 4.78 is 0. The van der Waals surface area contributed by atoms with E-state index < -0.39 is 0 Å². The van der Waals surface area contributed by atoms with Gasteiger partial charge in [-0.05, 0) is 26.0 Å². The first-order valence-electron chi connectivity index (χ1n) is 8.37. The van der Waals surface area contributed by atoms with Crippen molar-refractivity contribution in [3.05, 3.63) is 47.9 Å². The maximum absolute atomic E-state index is 4.70. The second kappa shape index (κ2) is 6.20. The number of fused-ring (bicyclic) bond motifs is 1. The summed E-state index contributed by atoms with van der Waals surface area (Å²) in [7, 11) is 2.21. The molecule has 0 aliphatic carbocycles. The highest BCUT2D eigenvalue weighted by molar-refractivity contribution is 5.86. The molecule has 24 heavy (non-hydrogen) atoms. The van der Waals surface area contributed by atoms with Gasteiger partial charge >= 0.3 is 0 Å². The number of nitrogens with zero attached hydrogens (tertiary/aromatic N) is 5. The van der Waals surface area contributed by atoms with Gasteiger partial charge in [0.05, 0.1) is 11.6 Å². The Balaban J connectivity index is 1.61. The number of aryl methyl sites for hydroxylation is 1. The largest absolute Gasteiger partial charge is 0.353 e. The van der Waals surface area contributed by atoms with Crippen LogP contribution >= 0.6 is 0 Å². The van der Waals surface area contributed by atoms with Gasteiger partial charge in [-0.25, -0.2) is 9.97 Å². The van der Waals surface area contributed by atoms with Crippen LogP contribution in [0.1, 0.15) is 11.4 Å². The molecule has 1 N–H and O–H groups in total. The lowest BCUT2D eigenvalue weighted by molar-refractivity contribution is 0.217. The summed E-state index contributed by atoms with van der Waals surface area (Å²) in [5, 5.41) is 8.10. The van der Waals surface area contributed by atoms with Crippen LogP contribution in [0.25, 0.3) is 11.0 Å². The quantitative estimate of drug-likeness (QED) is 0.799. The minimum Gasteiger partial charge on any atom is -0.353 e. The Morgan fingerprint density at radius 1 is 1.17 bits per heavy atom. The Kier molecular flexibility index (Phi) is 3.90. The van der Waals surface area contributed by atoms with E-state index in [1.807, 2.05) is 13.1 Å². The van der Waals surface area contributed by atoms with Gasteiger partial charge in [-0.1, -0.05) is 30.3 Å². The molecule has 1 aromatic carbocycles. The summed E-state index contributed by atoms with van der Waals surface area (Å²) in [4.78, 5) is 14.0. The highest BCUT2D eigenvalue weighted by Gasteiger charge is 2.27. The lowest BCUT2D eigenvalue weighted by atomic mass is 10.0. The number of likely N-dealkylation sites (N-methyl/N-ethyl adjacent to an activating group) is 1. The third-order valence-electron chi connectivity index (χ3n) is 4.79. The van der Waals surface area contributed by atoms with E-state index in [1.54, 1.807) is 0 Å². The van der Waals surface area contributed by atoms with Crippen molar-refractivity contribution in [1.82, 2.24) is 25.1 Å². The molecule has 1 aliphatic rings. The fraction of sp³-hybridized carbons (Fsp3) is 0.389. The van der Waals surface area contributed by atoms with Crippen molar-refractivity contribution in [3.8, 4) is 0 Å². The van der Waals surface area contributed by atoms with Crippen molar-refractivity contribution in [1.29, 1.82) is 0 Å². The Bertz CT molecular complexity index is 828. The Morgan fingerprint density at radius 2 is 2.00 bits per heavy atom. The number of aromatic nitrogens is 4. The molecule has 6 nitrogen and oxygen atoms in total. The van der Waals surface area contributed by atoms with Crippen molar-refractivity contribution in [2.24, 2.45) is 0 Å². The fourth-order valence-corrected chi connectivity index (χ4v) is 3.41. The summed E-state index contributed by atoms with van der Waals surface area (Å²) >= 11 is 0. The molecule has 0 saturated carbocycles. The van der Waals surface area contributed by atoms with Gasteiger partial charge in [0, 0.05) is 25.7 Å². The third-order valence-corrected chi connectivity index (χ3v) is 4.79. The summed E-state index contributed by atoms with van der Waals surface area (Å²) in [6, 6.07) is 11.2. The van der Waals surface area contributed by atoms with Crippen molar-refractivity contribution in [2.75, 3.05) is 31.6 Å². The van der Waals surface area contributed by atoms with Crippen LogP contribution in [0.15, 0.2) is 36.5 Å². The molecule has 2 aromatic heterocycles. The Morgan fingerprint density at radius 3 is 2.83 bits per heavy atom. The van der Waals surface area contributed by atoms with Crippen molar-refractivity contribution >= 4 is 16.9 Å². The molecule has 0 amide bonds. The normalized spacial score (nSPS) is 19.1. The average Bonchev–Trinajstić information content (AvgIpc) is 3.05. The van der Waals surface area contributed by atoms with E-state index >= 15 is 0 Å². The predicted octanol–water partition coefficient (Wildman–Crippen LogP) is 2.02. The van der Waals surface area contributed by atoms with Gasteiger partial charge in [0.25, 0.3) is 0 Å². The Labute approximate surface area is 141 Å². The smallest absolute Gasteiger partial charge is 0.161 e. The molecule has 3 heterocycles. The van der Waals surface area contributed by atoms with E-state index in [0.29, 0.717) is 6.04 Å². The number of nitrogens with one attached hydrogen (secondary N) is 1. The third kappa shape index (κ3) is 2.85. The van der Waals surface area contributed by atoms with Crippen LogP contribution in [0, 0.1) is 6.92 Å². The topological polar surface area (TPSA) is 60.9 Å². The second-order valence-electron chi connectivity index (χ2n) is 6.50. The lowest BCUT2D eigenvalue weighted by Crippen LogP contribution is -2.52. The molecule has 0 spiro atoms. The summed E-state index contributed by atoms with van der Waals surface area (Å²) in [6.45, 7) is 4.89. The minimum absolute atomic E-state index is 0.471. The summed E-state index contributed by atoms with van der Waals surface area (Å²) in [5.41, 5.74) is 2.19. The van der Waals surface area contributed by atoms with Crippen molar-refractivity contribution < 1.29 is 0 Å². The van der Waals surface area contributed by atoms with E-state index in [1.165, 1.54) is 5.56 Å². The predicted molar refractivity (Wildman–Crippen MR) is 95.2 cm³/mol. The maximum Gasteiger partial charge on any atom is 0.161 e. The Hall–Kier alpha value is -2.47. The molecule has 0 bridgehead atoms. The van der Waals surface area contributed by atoms with E-state index in [4.69, 9.17) is 4.98 Å². The van der Waals surface area contributed by atoms with Crippen molar-refractivity contribution in [2.45, 2.75) is 19.4 Å². The van der Waals surface area contributed by atoms with Gasteiger partial charge in [-0.3, -0.25) is 10.00 Å². The zero-order valence-electron chi connectivity index (χ0n) is 14.1. The van der Waals surface area contributed by atoms with E-state index in [-0.39, 0.29) is 0 Å². The van der Waals surface area contributed by atoms with Gasteiger partial charge in [0.15, 0.2) is 5.65 Å². The molecule has 0 radical (unpaired) electrons. The molecule has 3 aromatic rings. The van der Waals surface area contributed by atoms with Crippen LogP contribution in [0.4, 0.5) is 5.82 Å². The first kappa shape index (κ1) is 15.1. The van der Waals surface area contributed by atoms with Crippen LogP contribution in [0.5, 0.6) is 0 Å². The first-order valence-corrected chi connectivity index (χ1v) is 8.37. The van der Waals surface area contributed by atoms with Crippen LogP contribution in [0.2, 0.25) is 0 Å². The van der Waals surface area contributed by atoms with Crippen LogP contribution in [-0.4, -0.2) is 57.8 Å². The molecule has 1 saturated heterocycles. The maximum atomic E-state index is 4.70. The van der Waals surface area contributed by atoms with Gasteiger partial charge in [0.1, 0.15) is 11.6 Å². The molecule has 4 rings (SSSR count). The molecule has 6 heteroatoms. The zero-order chi connectivity index (χ0) is 16.5. The van der Waals surface area contributed by atoms with Gasteiger partial charge in [-0.2, -0.15) is 5.10 Å². The number of anilines is 1. The molecular formula is C18H22N6. The van der Waals surface area contributed by atoms with E-state index in [2.05, 4.69) is 62.4 Å². The standard InChI is InChI=1S/C18H22N6/c1-13-20-17-16(11-19-22-17)18(21-13)24-9-8-23(2)15(12-24)10-14-6-4-3-5-7-14/h3-7,11,15H,8-10,12H2,1-2H3,(H,19,20,21,22). The molecule has 1 unspecified atom stereocenters. The average molecular weight is 322 g/mol. The monoisotopic (exact) mass is 322 g/mol. The van der Waals surface area contributed by atoms with Gasteiger partial charge in [-0.15, -0.1) is 0 Å². The minimum atomic E-state index is 0.471. The zero-order valence-corrected chi connectivity index (χ0v) is 14.1. The number of aromatic amines is 1. The highest BCUT2D eigenvalue weighted by Crippen LogP contribution is 2.25. The summed E-state index contributed by atoms with van der Waals surface area (Å²) in [5.74, 6) is 1.78. The summed E-state index contributed by atoms with van der Waals surface area (Å²) in [6.07, 6.45) is 2.88. The van der Waals surface area contributed by atoms with E-state index in [9.17, 15) is 0 Å². The lowest BCUT2D eigenvalue weighted by Gasteiger charge is -2.40. The number of piperazine rings is 1. The number of benzene rings is 1. The van der Waals surface area contributed by atoms with Crippen LogP contribution < -0.4 is 4.90 Å². The second-order valence-corrected chi connectivity index (χ2v) is 6.50. The number of hydrogen-bond donors (Lipinski definition) is 1. The fourth-order valence-electron chi connectivity index (χ4n) is 3.41. The van der Waals surface area contributed by atoms with Gasteiger partial charge in [0.2, 0.25) is 0 Å². The molecule has 1 atom stereocenters. The molecule has 124 valence electrons. The first-order chi connectivity index (χ1) is 11.7. The van der Waals surface area contributed by atoms with Crippen LogP contribution in [-0.2, 0) is 6.42 Å². The molecule has 1 fully saturated rings. The SMILES string of the molecule is Cc1nc(N2CCN(C)C(Cc3ccccc3)C2)c2cn[nH]c2n1. The molecular weight excluding hydrogens is 300 g/mol. The van der Waals surface area contributed by atoms with Gasteiger partial charge < -0.3 is 4.90 Å². The molecule has 1 aliphatic heterocycles. The number of hydrogen-bond acceptors (Lipinski definition) is 5. The van der Waals surface area contributed by atoms with Crippen LogP contribution in [0.3, 0.4) is 0 Å².